The first-order chi connectivity index (χ1) is 9.52. The van der Waals surface area contributed by atoms with Gasteiger partial charge >= 0.3 is 0 Å². The van der Waals surface area contributed by atoms with Crippen LogP contribution in [-0.4, -0.2) is 6.61 Å². The van der Waals surface area contributed by atoms with Crippen molar-refractivity contribution in [2.75, 3.05) is 6.61 Å². The standard InChI is InChI=1S/C16H15BrCl2O/c1-3-20-12-5-7-14(15(17)9-12)16(19)13-6-4-11(18)8-10(13)2/h4-9,16H,3H2,1-2H3. The van der Waals surface area contributed by atoms with Crippen LogP contribution < -0.4 is 4.74 Å². The molecule has 1 nitrogen and oxygen atoms in total. The molecule has 0 aliphatic heterocycles. The van der Waals surface area contributed by atoms with Crippen LogP contribution in [0.3, 0.4) is 0 Å². The third-order valence-electron chi connectivity index (χ3n) is 3.06. The average molecular weight is 374 g/mol. The first kappa shape index (κ1) is 15.7. The minimum absolute atomic E-state index is 0.225. The first-order valence-corrected chi connectivity index (χ1v) is 7.96. The molecular formula is C16H15BrCl2O. The van der Waals surface area contributed by atoms with E-state index in [1.165, 1.54) is 0 Å². The fraction of sp³-hybridized carbons (Fsp3) is 0.250. The van der Waals surface area contributed by atoms with Crippen molar-refractivity contribution >= 4 is 39.1 Å². The van der Waals surface area contributed by atoms with Crippen LogP contribution in [0.4, 0.5) is 0 Å². The van der Waals surface area contributed by atoms with Gasteiger partial charge in [-0.1, -0.05) is 39.7 Å². The van der Waals surface area contributed by atoms with Gasteiger partial charge in [-0.25, -0.2) is 0 Å². The zero-order chi connectivity index (χ0) is 14.7. The predicted octanol–water partition coefficient (Wildman–Crippen LogP) is 6.14. The second-order valence-electron chi connectivity index (χ2n) is 4.48. The van der Waals surface area contributed by atoms with E-state index in [2.05, 4.69) is 15.9 Å². The van der Waals surface area contributed by atoms with Crippen LogP contribution in [0.1, 0.15) is 29.0 Å². The lowest BCUT2D eigenvalue weighted by atomic mass is 10.00. The molecule has 0 aliphatic carbocycles. The van der Waals surface area contributed by atoms with E-state index in [0.717, 1.165) is 31.9 Å². The Balaban J connectivity index is 2.35. The van der Waals surface area contributed by atoms with E-state index < -0.39 is 0 Å². The second kappa shape index (κ2) is 6.84. The highest BCUT2D eigenvalue weighted by Crippen LogP contribution is 2.37. The summed E-state index contributed by atoms with van der Waals surface area (Å²) < 4.78 is 6.42. The Morgan fingerprint density at radius 3 is 2.45 bits per heavy atom. The van der Waals surface area contributed by atoms with Crippen molar-refractivity contribution in [3.8, 4) is 5.75 Å². The van der Waals surface area contributed by atoms with Crippen molar-refractivity contribution < 1.29 is 4.74 Å². The zero-order valence-corrected chi connectivity index (χ0v) is 14.4. The highest BCUT2D eigenvalue weighted by molar-refractivity contribution is 9.10. The summed E-state index contributed by atoms with van der Waals surface area (Å²) in [5, 5.41) is 0.498. The van der Waals surface area contributed by atoms with Gasteiger partial charge in [-0.3, -0.25) is 0 Å². The van der Waals surface area contributed by atoms with E-state index in [0.29, 0.717) is 6.61 Å². The highest BCUT2D eigenvalue weighted by atomic mass is 79.9. The van der Waals surface area contributed by atoms with Gasteiger partial charge < -0.3 is 4.74 Å². The molecule has 1 unspecified atom stereocenters. The molecular weight excluding hydrogens is 359 g/mol. The Morgan fingerprint density at radius 2 is 1.85 bits per heavy atom. The summed E-state index contributed by atoms with van der Waals surface area (Å²) in [5.41, 5.74) is 3.15. The number of ether oxygens (including phenoxy) is 1. The van der Waals surface area contributed by atoms with Gasteiger partial charge in [0.15, 0.2) is 0 Å². The van der Waals surface area contributed by atoms with Crippen LogP contribution in [0, 0.1) is 6.92 Å². The lowest BCUT2D eigenvalue weighted by Gasteiger charge is -2.16. The molecule has 0 N–H and O–H groups in total. The van der Waals surface area contributed by atoms with Crippen LogP contribution >= 0.6 is 39.1 Å². The Hall–Kier alpha value is -0.700. The van der Waals surface area contributed by atoms with E-state index in [4.69, 9.17) is 27.9 Å². The molecule has 0 bridgehead atoms. The predicted molar refractivity (Wildman–Crippen MR) is 89.2 cm³/mol. The van der Waals surface area contributed by atoms with Gasteiger partial charge in [0.2, 0.25) is 0 Å². The summed E-state index contributed by atoms with van der Waals surface area (Å²) in [6, 6.07) is 11.6. The summed E-state index contributed by atoms with van der Waals surface area (Å²) in [6.45, 7) is 4.62. The molecule has 106 valence electrons. The van der Waals surface area contributed by atoms with E-state index in [-0.39, 0.29) is 5.38 Å². The number of benzene rings is 2. The number of aryl methyl sites for hydroxylation is 1. The first-order valence-electron chi connectivity index (χ1n) is 6.35. The molecule has 0 aliphatic rings. The Kier molecular flexibility index (Phi) is 5.36. The maximum Gasteiger partial charge on any atom is 0.120 e. The number of rotatable bonds is 4. The number of alkyl halides is 1. The van der Waals surface area contributed by atoms with E-state index >= 15 is 0 Å². The lowest BCUT2D eigenvalue weighted by Crippen LogP contribution is -1.98. The molecule has 1 atom stereocenters. The van der Waals surface area contributed by atoms with Crippen LogP contribution in [0.15, 0.2) is 40.9 Å². The topological polar surface area (TPSA) is 9.23 Å². The largest absolute Gasteiger partial charge is 0.494 e. The minimum atomic E-state index is -0.225. The molecule has 0 aromatic heterocycles. The zero-order valence-electron chi connectivity index (χ0n) is 11.3. The summed E-state index contributed by atoms with van der Waals surface area (Å²) in [4.78, 5) is 0. The maximum atomic E-state index is 6.61. The molecule has 4 heteroatoms. The maximum absolute atomic E-state index is 6.61. The second-order valence-corrected chi connectivity index (χ2v) is 6.21. The fourth-order valence-electron chi connectivity index (χ4n) is 2.06. The van der Waals surface area contributed by atoms with E-state index in [9.17, 15) is 0 Å². The number of halogens is 3. The molecule has 2 aromatic rings. The molecule has 0 heterocycles. The van der Waals surface area contributed by atoms with Crippen molar-refractivity contribution in [3.63, 3.8) is 0 Å². The lowest BCUT2D eigenvalue weighted by molar-refractivity contribution is 0.340. The van der Waals surface area contributed by atoms with Crippen molar-refractivity contribution in [1.29, 1.82) is 0 Å². The van der Waals surface area contributed by atoms with E-state index in [1.54, 1.807) is 0 Å². The van der Waals surface area contributed by atoms with Gasteiger partial charge in [0.1, 0.15) is 5.75 Å². The van der Waals surface area contributed by atoms with Crippen molar-refractivity contribution in [2.45, 2.75) is 19.2 Å². The number of hydrogen-bond acceptors (Lipinski definition) is 1. The van der Waals surface area contributed by atoms with Gasteiger partial charge in [0, 0.05) is 9.50 Å². The summed E-state index contributed by atoms with van der Waals surface area (Å²) in [6.07, 6.45) is 0. The molecule has 0 saturated carbocycles. The van der Waals surface area contributed by atoms with Crippen molar-refractivity contribution in [1.82, 2.24) is 0 Å². The molecule has 0 spiro atoms. The van der Waals surface area contributed by atoms with Crippen LogP contribution in [-0.2, 0) is 0 Å². The molecule has 0 amide bonds. The normalized spacial score (nSPS) is 12.2. The minimum Gasteiger partial charge on any atom is -0.494 e. The number of hydrogen-bond donors (Lipinski definition) is 0. The summed E-state index contributed by atoms with van der Waals surface area (Å²) in [7, 11) is 0. The summed E-state index contributed by atoms with van der Waals surface area (Å²) >= 11 is 16.2. The molecule has 2 rings (SSSR count). The third-order valence-corrected chi connectivity index (χ3v) is 4.45. The molecule has 0 saturated heterocycles. The van der Waals surface area contributed by atoms with E-state index in [1.807, 2.05) is 50.2 Å². The van der Waals surface area contributed by atoms with Crippen LogP contribution in [0.5, 0.6) is 5.75 Å². The molecule has 20 heavy (non-hydrogen) atoms. The Labute approximate surface area is 138 Å². The SMILES string of the molecule is CCOc1ccc(C(Cl)c2ccc(Cl)cc2C)c(Br)c1. The Bertz CT molecular complexity index is 613. The van der Waals surface area contributed by atoms with Gasteiger partial charge in [-0.15, -0.1) is 11.6 Å². The van der Waals surface area contributed by atoms with Gasteiger partial charge in [0.25, 0.3) is 0 Å². The highest BCUT2D eigenvalue weighted by Gasteiger charge is 2.16. The summed E-state index contributed by atoms with van der Waals surface area (Å²) in [5.74, 6) is 0.833. The average Bonchev–Trinajstić information content (AvgIpc) is 2.38. The van der Waals surface area contributed by atoms with Gasteiger partial charge in [0.05, 0.1) is 12.0 Å². The quantitative estimate of drug-likeness (QED) is 0.585. The molecule has 0 fully saturated rings. The smallest absolute Gasteiger partial charge is 0.120 e. The van der Waals surface area contributed by atoms with Crippen LogP contribution in [0.25, 0.3) is 0 Å². The van der Waals surface area contributed by atoms with Crippen LogP contribution in [0.2, 0.25) is 5.02 Å². The van der Waals surface area contributed by atoms with Gasteiger partial charge in [-0.05, 0) is 54.8 Å². The third kappa shape index (κ3) is 3.49. The fourth-order valence-corrected chi connectivity index (χ4v) is 3.44. The van der Waals surface area contributed by atoms with Gasteiger partial charge in [-0.2, -0.15) is 0 Å². The molecule has 2 aromatic carbocycles. The van der Waals surface area contributed by atoms with Crippen molar-refractivity contribution in [2.24, 2.45) is 0 Å². The molecule has 0 radical (unpaired) electrons. The Morgan fingerprint density at radius 1 is 1.15 bits per heavy atom. The van der Waals surface area contributed by atoms with Crippen molar-refractivity contribution in [3.05, 3.63) is 62.6 Å². The monoisotopic (exact) mass is 372 g/mol.